The molecule has 272 valence electrons. The van der Waals surface area contributed by atoms with Gasteiger partial charge < -0.3 is 8.98 Å². The van der Waals surface area contributed by atoms with Crippen LogP contribution in [0, 0.1) is 0 Å². The van der Waals surface area contributed by atoms with Gasteiger partial charge in [-0.3, -0.25) is 0 Å². The van der Waals surface area contributed by atoms with Crippen molar-refractivity contribution in [1.29, 1.82) is 0 Å². The maximum atomic E-state index is 6.52. The number of rotatable bonds is 5. The molecular weight excluding hydrogens is 709 g/mol. The molecule has 0 saturated carbocycles. The van der Waals surface area contributed by atoms with E-state index in [0.29, 0.717) is 17.5 Å². The Morgan fingerprint density at radius 3 is 2.12 bits per heavy atom. The highest BCUT2D eigenvalue weighted by molar-refractivity contribution is 6.20. The van der Waals surface area contributed by atoms with E-state index in [1.165, 1.54) is 38.1 Å². The summed E-state index contributed by atoms with van der Waals surface area (Å²) in [5.74, 6) is 2.21. The third-order valence-corrected chi connectivity index (χ3v) is 11.7. The van der Waals surface area contributed by atoms with Gasteiger partial charge in [0.1, 0.15) is 11.2 Å². The Morgan fingerprint density at radius 2 is 1.24 bits per heavy atom. The van der Waals surface area contributed by atoms with Crippen molar-refractivity contribution in [3.8, 4) is 39.9 Å². The van der Waals surface area contributed by atoms with Crippen molar-refractivity contribution in [3.63, 3.8) is 0 Å². The molecule has 0 amide bonds. The molecule has 12 rings (SSSR count). The quantitative estimate of drug-likeness (QED) is 0.176. The predicted octanol–water partition coefficient (Wildman–Crippen LogP) is 13.8. The van der Waals surface area contributed by atoms with E-state index in [1.807, 2.05) is 18.2 Å². The average molecular weight is 743 g/mol. The SMILES string of the molecule is C1=CCC(c2ccccc2-c2nc(-c3ccccc3)nc(-c3ccc4c(ccc5oc6ccc(-n7c8ccccc8c8cc9ccccc9cc87)cc6c54)c3)n2)C=C1. The van der Waals surface area contributed by atoms with E-state index in [-0.39, 0.29) is 5.92 Å². The summed E-state index contributed by atoms with van der Waals surface area (Å²) in [6.07, 6.45) is 9.66. The minimum absolute atomic E-state index is 0.254. The van der Waals surface area contributed by atoms with Gasteiger partial charge in [-0.05, 0) is 82.1 Å². The van der Waals surface area contributed by atoms with Gasteiger partial charge in [-0.25, -0.2) is 15.0 Å². The van der Waals surface area contributed by atoms with E-state index in [9.17, 15) is 0 Å². The number of fused-ring (bicyclic) bond motifs is 9. The fourth-order valence-corrected chi connectivity index (χ4v) is 8.98. The average Bonchev–Trinajstić information content (AvgIpc) is 3.83. The maximum absolute atomic E-state index is 6.52. The van der Waals surface area contributed by atoms with Gasteiger partial charge in [-0.1, -0.05) is 140 Å². The first-order chi connectivity index (χ1) is 28.7. The number of nitrogens with zero attached hydrogens (tertiary/aromatic N) is 4. The molecule has 5 nitrogen and oxygen atoms in total. The summed E-state index contributed by atoms with van der Waals surface area (Å²) >= 11 is 0. The van der Waals surface area contributed by atoms with Crippen LogP contribution in [0.5, 0.6) is 0 Å². The van der Waals surface area contributed by atoms with Crippen molar-refractivity contribution in [2.45, 2.75) is 12.3 Å². The van der Waals surface area contributed by atoms with Crippen molar-refractivity contribution >= 4 is 65.3 Å². The summed E-state index contributed by atoms with van der Waals surface area (Å²) in [4.78, 5) is 15.4. The molecular formula is C53H34N4O. The van der Waals surface area contributed by atoms with Crippen LogP contribution in [0.3, 0.4) is 0 Å². The number of para-hydroxylation sites is 1. The lowest BCUT2D eigenvalue weighted by atomic mass is 9.89. The highest BCUT2D eigenvalue weighted by Crippen LogP contribution is 2.40. The molecule has 0 radical (unpaired) electrons. The van der Waals surface area contributed by atoms with Gasteiger partial charge in [0.05, 0.1) is 11.0 Å². The second-order valence-electron chi connectivity index (χ2n) is 15.1. The second kappa shape index (κ2) is 13.0. The fraction of sp³-hybridized carbons (Fsp3) is 0.0377. The van der Waals surface area contributed by atoms with Gasteiger partial charge >= 0.3 is 0 Å². The van der Waals surface area contributed by atoms with Gasteiger partial charge in [0.25, 0.3) is 0 Å². The first-order valence-corrected chi connectivity index (χ1v) is 19.8. The van der Waals surface area contributed by atoms with E-state index in [4.69, 9.17) is 19.4 Å². The van der Waals surface area contributed by atoms with E-state index >= 15 is 0 Å². The highest BCUT2D eigenvalue weighted by Gasteiger charge is 2.20. The number of aromatic nitrogens is 4. The molecule has 3 heterocycles. The fourth-order valence-electron chi connectivity index (χ4n) is 8.98. The van der Waals surface area contributed by atoms with Crippen LogP contribution in [-0.4, -0.2) is 19.5 Å². The van der Waals surface area contributed by atoms with Crippen LogP contribution in [0.25, 0.3) is 105 Å². The highest BCUT2D eigenvalue weighted by atomic mass is 16.3. The number of furan rings is 1. The molecule has 1 aliphatic carbocycles. The molecule has 0 saturated heterocycles. The minimum atomic E-state index is 0.254. The van der Waals surface area contributed by atoms with Crippen molar-refractivity contribution < 1.29 is 4.42 Å². The van der Waals surface area contributed by atoms with Crippen LogP contribution >= 0.6 is 0 Å². The molecule has 0 spiro atoms. The van der Waals surface area contributed by atoms with Crippen LogP contribution in [0.4, 0.5) is 0 Å². The van der Waals surface area contributed by atoms with Crippen molar-refractivity contribution in [3.05, 3.63) is 194 Å². The number of allylic oxidation sites excluding steroid dienone is 4. The Hall–Kier alpha value is -7.63. The van der Waals surface area contributed by atoms with Crippen molar-refractivity contribution in [1.82, 2.24) is 19.5 Å². The lowest BCUT2D eigenvalue weighted by Gasteiger charge is -2.18. The largest absolute Gasteiger partial charge is 0.456 e. The Kier molecular flexibility index (Phi) is 7.29. The molecule has 58 heavy (non-hydrogen) atoms. The van der Waals surface area contributed by atoms with Crippen LogP contribution in [0.1, 0.15) is 17.9 Å². The molecule has 0 N–H and O–H groups in total. The third kappa shape index (κ3) is 5.21. The summed E-state index contributed by atoms with van der Waals surface area (Å²) in [6.45, 7) is 0. The van der Waals surface area contributed by atoms with E-state index in [1.54, 1.807) is 0 Å². The first kappa shape index (κ1) is 32.6. The van der Waals surface area contributed by atoms with Crippen LogP contribution < -0.4 is 0 Å². The zero-order valence-electron chi connectivity index (χ0n) is 31.4. The topological polar surface area (TPSA) is 56.7 Å². The predicted molar refractivity (Wildman–Crippen MR) is 238 cm³/mol. The van der Waals surface area contributed by atoms with Gasteiger partial charge in [0.15, 0.2) is 17.5 Å². The Bertz CT molecular complexity index is 3500. The summed E-state index contributed by atoms with van der Waals surface area (Å²) in [6, 6.07) is 57.9. The molecule has 8 aromatic carbocycles. The summed E-state index contributed by atoms with van der Waals surface area (Å²) in [5, 5.41) is 9.32. The van der Waals surface area contributed by atoms with Gasteiger partial charge in [0, 0.05) is 49.8 Å². The van der Waals surface area contributed by atoms with Crippen molar-refractivity contribution in [2.75, 3.05) is 0 Å². The zero-order chi connectivity index (χ0) is 38.2. The maximum Gasteiger partial charge on any atom is 0.164 e. The molecule has 1 aliphatic rings. The Balaban J connectivity index is 1.02. The third-order valence-electron chi connectivity index (χ3n) is 11.7. The molecule has 1 atom stereocenters. The van der Waals surface area contributed by atoms with Crippen molar-refractivity contribution in [2.24, 2.45) is 0 Å². The van der Waals surface area contributed by atoms with E-state index < -0.39 is 0 Å². The molecule has 11 aromatic rings. The summed E-state index contributed by atoms with van der Waals surface area (Å²) in [5.41, 5.74) is 9.28. The number of hydrogen-bond donors (Lipinski definition) is 0. The molecule has 5 heteroatoms. The van der Waals surface area contributed by atoms with Crippen LogP contribution in [0.15, 0.2) is 193 Å². The Labute approximate surface area is 333 Å². The van der Waals surface area contributed by atoms with Gasteiger partial charge in [-0.2, -0.15) is 0 Å². The van der Waals surface area contributed by atoms with Gasteiger partial charge in [-0.15, -0.1) is 0 Å². The van der Waals surface area contributed by atoms with Crippen LogP contribution in [0.2, 0.25) is 0 Å². The van der Waals surface area contributed by atoms with E-state index in [2.05, 4.69) is 174 Å². The summed E-state index contributed by atoms with van der Waals surface area (Å²) < 4.78 is 8.91. The van der Waals surface area contributed by atoms with E-state index in [0.717, 1.165) is 61.5 Å². The minimum Gasteiger partial charge on any atom is -0.456 e. The smallest absolute Gasteiger partial charge is 0.164 e. The van der Waals surface area contributed by atoms with Gasteiger partial charge in [0.2, 0.25) is 0 Å². The monoisotopic (exact) mass is 742 g/mol. The molecule has 0 fully saturated rings. The summed E-state index contributed by atoms with van der Waals surface area (Å²) in [7, 11) is 0. The number of hydrogen-bond acceptors (Lipinski definition) is 4. The van der Waals surface area contributed by atoms with Crippen LogP contribution in [-0.2, 0) is 0 Å². The lowest BCUT2D eigenvalue weighted by Crippen LogP contribution is -2.04. The zero-order valence-corrected chi connectivity index (χ0v) is 31.4. The molecule has 0 bridgehead atoms. The molecule has 0 aliphatic heterocycles. The second-order valence-corrected chi connectivity index (χ2v) is 15.1. The standard InChI is InChI=1S/C53H34N4O/c1-3-13-33(14-4-1)40-19-9-10-21-43(40)53-55-51(34-15-5-2-6-16-34)54-52(56-53)38-23-26-41-37(29-38)24-27-49-50(41)45-32-39(25-28-48(45)58-49)57-46-22-12-11-20-42(46)44-30-35-17-7-8-18-36(35)31-47(44)57/h1-13,15-33H,14H2. The molecule has 3 aromatic heterocycles. The Morgan fingerprint density at radius 1 is 0.483 bits per heavy atom. The molecule has 1 unspecified atom stereocenters. The normalized spacial score (nSPS) is 14.2. The first-order valence-electron chi connectivity index (χ1n) is 19.8. The number of benzene rings is 8. The lowest BCUT2D eigenvalue weighted by molar-refractivity contribution is 0.669.